The zero-order valence-corrected chi connectivity index (χ0v) is 16.5. The first-order valence-electron chi connectivity index (χ1n) is 8.51. The Bertz CT molecular complexity index is 986. The number of amides is 1. The molecule has 144 valence electrons. The van der Waals surface area contributed by atoms with Crippen LogP contribution in [0, 0.1) is 13.8 Å². The molecule has 1 heterocycles. The SMILES string of the molecule is Cc1cc(Oc2ccccc2)cc(C)c1NC(=O)c1cnc(Cl)nc1N(C)N. The Morgan fingerprint density at radius 1 is 1.14 bits per heavy atom. The molecule has 1 amide bonds. The Balaban J connectivity index is 1.86. The minimum atomic E-state index is -0.383. The maximum atomic E-state index is 12.8. The fourth-order valence-electron chi connectivity index (χ4n) is 2.77. The van der Waals surface area contributed by atoms with Crippen molar-refractivity contribution in [3.63, 3.8) is 0 Å². The lowest BCUT2D eigenvalue weighted by Gasteiger charge is -2.17. The van der Waals surface area contributed by atoms with Gasteiger partial charge in [0.1, 0.15) is 17.1 Å². The van der Waals surface area contributed by atoms with Gasteiger partial charge in [-0.25, -0.2) is 10.8 Å². The molecule has 8 heteroatoms. The van der Waals surface area contributed by atoms with Crippen LogP contribution in [0.5, 0.6) is 11.5 Å². The van der Waals surface area contributed by atoms with E-state index in [0.29, 0.717) is 11.4 Å². The number of hydrogen-bond donors (Lipinski definition) is 2. The molecule has 0 aliphatic heterocycles. The molecule has 0 bridgehead atoms. The number of benzene rings is 2. The summed E-state index contributed by atoms with van der Waals surface area (Å²) in [6, 6.07) is 13.2. The van der Waals surface area contributed by atoms with Crippen molar-refractivity contribution in [2.75, 3.05) is 17.4 Å². The van der Waals surface area contributed by atoms with Crippen LogP contribution in [0.25, 0.3) is 0 Å². The first-order chi connectivity index (χ1) is 13.3. The van der Waals surface area contributed by atoms with E-state index in [9.17, 15) is 4.79 Å². The molecule has 0 unspecified atom stereocenters. The topological polar surface area (TPSA) is 93.4 Å². The highest BCUT2D eigenvalue weighted by Gasteiger charge is 2.18. The lowest BCUT2D eigenvalue weighted by atomic mass is 10.1. The molecule has 0 radical (unpaired) electrons. The second-order valence-electron chi connectivity index (χ2n) is 6.29. The van der Waals surface area contributed by atoms with E-state index in [1.54, 1.807) is 7.05 Å². The number of anilines is 2. The van der Waals surface area contributed by atoms with Crippen molar-refractivity contribution in [1.82, 2.24) is 9.97 Å². The number of rotatable bonds is 5. The molecule has 0 aliphatic carbocycles. The van der Waals surface area contributed by atoms with Gasteiger partial charge in [0.15, 0.2) is 5.82 Å². The number of halogens is 1. The number of ether oxygens (including phenoxy) is 1. The third kappa shape index (κ3) is 4.39. The molecular weight excluding hydrogens is 378 g/mol. The molecule has 0 fully saturated rings. The molecular formula is C20H20ClN5O2. The predicted molar refractivity (Wildman–Crippen MR) is 110 cm³/mol. The third-order valence-electron chi connectivity index (χ3n) is 4.04. The van der Waals surface area contributed by atoms with Crippen molar-refractivity contribution in [2.24, 2.45) is 5.84 Å². The van der Waals surface area contributed by atoms with E-state index in [-0.39, 0.29) is 22.6 Å². The van der Waals surface area contributed by atoms with E-state index in [0.717, 1.165) is 16.9 Å². The Morgan fingerprint density at radius 3 is 2.39 bits per heavy atom. The Hall–Kier alpha value is -3.16. The molecule has 0 atom stereocenters. The number of carbonyl (C=O) groups is 1. The molecule has 28 heavy (non-hydrogen) atoms. The lowest BCUT2D eigenvalue weighted by Crippen LogP contribution is -2.29. The van der Waals surface area contributed by atoms with Gasteiger partial charge in [0.25, 0.3) is 5.91 Å². The van der Waals surface area contributed by atoms with E-state index < -0.39 is 0 Å². The fraction of sp³-hybridized carbons (Fsp3) is 0.150. The zero-order valence-electron chi connectivity index (χ0n) is 15.7. The molecule has 1 aromatic heterocycles. The molecule has 7 nitrogen and oxygen atoms in total. The highest BCUT2D eigenvalue weighted by Crippen LogP contribution is 2.30. The summed E-state index contributed by atoms with van der Waals surface area (Å²) in [4.78, 5) is 20.7. The number of nitrogens with two attached hydrogens (primary N) is 1. The summed E-state index contributed by atoms with van der Waals surface area (Å²) in [7, 11) is 1.57. The van der Waals surface area contributed by atoms with E-state index in [2.05, 4.69) is 15.3 Å². The fourth-order valence-corrected chi connectivity index (χ4v) is 2.90. The molecule has 0 aliphatic rings. The number of nitrogens with one attached hydrogen (secondary N) is 1. The maximum absolute atomic E-state index is 12.8. The van der Waals surface area contributed by atoms with Crippen LogP contribution in [0.2, 0.25) is 5.28 Å². The first-order valence-corrected chi connectivity index (χ1v) is 8.89. The average Bonchev–Trinajstić information content (AvgIpc) is 2.65. The average molecular weight is 398 g/mol. The van der Waals surface area contributed by atoms with Gasteiger partial charge in [-0.1, -0.05) is 18.2 Å². The normalized spacial score (nSPS) is 10.5. The summed E-state index contributed by atoms with van der Waals surface area (Å²) >= 11 is 5.81. The van der Waals surface area contributed by atoms with Crippen molar-refractivity contribution in [2.45, 2.75) is 13.8 Å². The van der Waals surface area contributed by atoms with Crippen LogP contribution < -0.4 is 20.9 Å². The van der Waals surface area contributed by atoms with Gasteiger partial charge in [-0.2, -0.15) is 4.98 Å². The zero-order chi connectivity index (χ0) is 20.3. The monoisotopic (exact) mass is 397 g/mol. The van der Waals surface area contributed by atoms with Crippen molar-refractivity contribution in [3.8, 4) is 11.5 Å². The Labute approximate surface area is 168 Å². The molecule has 0 spiro atoms. The van der Waals surface area contributed by atoms with E-state index in [1.165, 1.54) is 11.2 Å². The summed E-state index contributed by atoms with van der Waals surface area (Å²) < 4.78 is 5.88. The van der Waals surface area contributed by atoms with Crippen LogP contribution in [-0.2, 0) is 0 Å². The smallest absolute Gasteiger partial charge is 0.261 e. The minimum absolute atomic E-state index is 0.0126. The van der Waals surface area contributed by atoms with Crippen LogP contribution >= 0.6 is 11.6 Å². The number of aromatic nitrogens is 2. The summed E-state index contributed by atoms with van der Waals surface area (Å²) in [6.45, 7) is 3.80. The summed E-state index contributed by atoms with van der Waals surface area (Å²) in [5.74, 6) is 7.04. The van der Waals surface area contributed by atoms with Crippen LogP contribution in [0.15, 0.2) is 48.7 Å². The Kier molecular flexibility index (Phi) is 5.77. The number of hydrogen-bond acceptors (Lipinski definition) is 6. The van der Waals surface area contributed by atoms with Crippen molar-refractivity contribution < 1.29 is 9.53 Å². The molecule has 0 saturated heterocycles. The molecule has 0 saturated carbocycles. The van der Waals surface area contributed by atoms with Crippen LogP contribution in [-0.4, -0.2) is 22.9 Å². The number of hydrazine groups is 1. The van der Waals surface area contributed by atoms with Crippen LogP contribution in [0.3, 0.4) is 0 Å². The number of aryl methyl sites for hydroxylation is 2. The van der Waals surface area contributed by atoms with Gasteiger partial charge in [0.05, 0.1) is 0 Å². The second-order valence-corrected chi connectivity index (χ2v) is 6.63. The van der Waals surface area contributed by atoms with Gasteiger partial charge < -0.3 is 10.1 Å². The quantitative estimate of drug-likeness (QED) is 0.382. The summed E-state index contributed by atoms with van der Waals surface area (Å²) in [5, 5.41) is 4.13. The van der Waals surface area contributed by atoms with E-state index in [1.807, 2.05) is 56.3 Å². The van der Waals surface area contributed by atoms with Gasteiger partial charge in [0, 0.05) is 18.9 Å². The highest BCUT2D eigenvalue weighted by atomic mass is 35.5. The lowest BCUT2D eigenvalue weighted by molar-refractivity contribution is 0.102. The molecule has 3 aromatic rings. The van der Waals surface area contributed by atoms with Gasteiger partial charge >= 0.3 is 0 Å². The van der Waals surface area contributed by atoms with Gasteiger partial charge in [-0.3, -0.25) is 9.80 Å². The number of nitrogens with zero attached hydrogens (tertiary/aromatic N) is 3. The van der Waals surface area contributed by atoms with Crippen molar-refractivity contribution in [3.05, 3.63) is 70.6 Å². The Morgan fingerprint density at radius 2 is 1.79 bits per heavy atom. The third-order valence-corrected chi connectivity index (χ3v) is 4.22. The second kappa shape index (κ2) is 8.24. The van der Waals surface area contributed by atoms with E-state index in [4.69, 9.17) is 22.2 Å². The molecule has 3 N–H and O–H groups in total. The van der Waals surface area contributed by atoms with Crippen LogP contribution in [0.1, 0.15) is 21.5 Å². The van der Waals surface area contributed by atoms with Crippen LogP contribution in [0.4, 0.5) is 11.5 Å². The molecule has 2 aromatic carbocycles. The highest BCUT2D eigenvalue weighted by molar-refractivity contribution is 6.28. The standard InChI is InChI=1S/C20H20ClN5O2/c1-12-9-15(28-14-7-5-4-6-8-14)10-13(2)17(12)24-19(27)16-11-23-20(21)25-18(16)26(3)22/h4-11H,22H2,1-3H3,(H,24,27). The van der Waals surface area contributed by atoms with Gasteiger partial charge in [0.2, 0.25) is 5.28 Å². The summed E-state index contributed by atoms with van der Waals surface area (Å²) in [5.41, 5.74) is 2.62. The number of carbonyl (C=O) groups excluding carboxylic acids is 1. The maximum Gasteiger partial charge on any atom is 0.261 e. The number of para-hydroxylation sites is 1. The molecule has 3 rings (SSSR count). The van der Waals surface area contributed by atoms with Gasteiger partial charge in [-0.05, 0) is 60.8 Å². The van der Waals surface area contributed by atoms with Crippen molar-refractivity contribution >= 4 is 29.0 Å². The van der Waals surface area contributed by atoms with Gasteiger partial charge in [-0.15, -0.1) is 0 Å². The first kappa shape index (κ1) is 19.6. The van der Waals surface area contributed by atoms with E-state index >= 15 is 0 Å². The van der Waals surface area contributed by atoms with Crippen molar-refractivity contribution in [1.29, 1.82) is 0 Å². The minimum Gasteiger partial charge on any atom is -0.457 e. The largest absolute Gasteiger partial charge is 0.457 e. The predicted octanol–water partition coefficient (Wildman–Crippen LogP) is 4.10. The summed E-state index contributed by atoms with van der Waals surface area (Å²) in [6.07, 6.45) is 1.35.